The van der Waals surface area contributed by atoms with Gasteiger partial charge in [0.1, 0.15) is 5.75 Å². The zero-order valence-corrected chi connectivity index (χ0v) is 12.4. The fourth-order valence-corrected chi connectivity index (χ4v) is 2.26. The van der Waals surface area contributed by atoms with Crippen LogP contribution in [0, 0.1) is 0 Å². The molecule has 1 fully saturated rings. The maximum atomic E-state index is 12.4. The lowest BCUT2D eigenvalue weighted by atomic mass is 10.2. The van der Waals surface area contributed by atoms with Gasteiger partial charge in [-0.3, -0.25) is 4.90 Å². The Hall–Kier alpha value is -1.79. The number of methoxy groups -OCH3 is 1. The molecule has 1 aliphatic rings. The lowest BCUT2D eigenvalue weighted by Crippen LogP contribution is -2.46. The largest absolute Gasteiger partial charge is 0.497 e. The van der Waals surface area contributed by atoms with Crippen LogP contribution in [-0.2, 0) is 4.74 Å². The van der Waals surface area contributed by atoms with E-state index < -0.39 is 0 Å². The van der Waals surface area contributed by atoms with Crippen LogP contribution in [0.1, 0.15) is 12.8 Å². The summed E-state index contributed by atoms with van der Waals surface area (Å²) in [6.07, 6.45) is 1.61. The highest BCUT2D eigenvalue weighted by Crippen LogP contribution is 2.20. The third-order valence-corrected chi connectivity index (χ3v) is 3.47. The van der Waals surface area contributed by atoms with Crippen molar-refractivity contribution in [1.29, 1.82) is 0 Å². The van der Waals surface area contributed by atoms with Crippen molar-refractivity contribution in [1.82, 2.24) is 5.32 Å². The second kappa shape index (κ2) is 7.85. The predicted molar refractivity (Wildman–Crippen MR) is 81.8 cm³/mol. The molecule has 1 unspecified atom stereocenters. The van der Waals surface area contributed by atoms with Crippen LogP contribution >= 0.6 is 0 Å². The lowest BCUT2D eigenvalue weighted by Gasteiger charge is -2.25. The molecule has 0 aromatic heterocycles. The number of urea groups is 1. The van der Waals surface area contributed by atoms with Crippen LogP contribution in [0.3, 0.4) is 0 Å². The van der Waals surface area contributed by atoms with Gasteiger partial charge in [0, 0.05) is 18.8 Å². The van der Waals surface area contributed by atoms with E-state index in [0.717, 1.165) is 24.3 Å². The Balaban J connectivity index is 2.05. The maximum Gasteiger partial charge on any atom is 0.322 e. The first kappa shape index (κ1) is 15.6. The van der Waals surface area contributed by atoms with Gasteiger partial charge in [-0.1, -0.05) is 0 Å². The summed E-state index contributed by atoms with van der Waals surface area (Å²) >= 11 is 0. The Kier molecular flexibility index (Phi) is 5.83. The first-order valence-electron chi connectivity index (χ1n) is 7.24. The van der Waals surface area contributed by atoms with E-state index in [1.807, 2.05) is 24.3 Å². The van der Waals surface area contributed by atoms with Crippen LogP contribution in [0.2, 0.25) is 0 Å². The van der Waals surface area contributed by atoms with Gasteiger partial charge in [-0.05, 0) is 43.7 Å². The molecule has 6 nitrogen and oxygen atoms in total. The first-order valence-corrected chi connectivity index (χ1v) is 7.24. The van der Waals surface area contributed by atoms with Crippen molar-refractivity contribution in [3.05, 3.63) is 24.3 Å². The van der Waals surface area contributed by atoms with Crippen molar-refractivity contribution in [2.45, 2.75) is 18.9 Å². The fourth-order valence-electron chi connectivity index (χ4n) is 2.26. The highest BCUT2D eigenvalue weighted by Gasteiger charge is 2.22. The highest BCUT2D eigenvalue weighted by atomic mass is 16.5. The fraction of sp³-hybridized carbons (Fsp3) is 0.533. The van der Waals surface area contributed by atoms with E-state index in [0.29, 0.717) is 26.3 Å². The molecule has 0 saturated carbocycles. The zero-order chi connectivity index (χ0) is 15.1. The summed E-state index contributed by atoms with van der Waals surface area (Å²) in [5.41, 5.74) is 6.40. The van der Waals surface area contributed by atoms with Crippen LogP contribution in [0.15, 0.2) is 24.3 Å². The number of nitrogens with zero attached hydrogens (tertiary/aromatic N) is 1. The molecule has 21 heavy (non-hydrogen) atoms. The molecule has 1 aliphatic heterocycles. The second-order valence-electron chi connectivity index (χ2n) is 5.00. The molecule has 0 aliphatic carbocycles. The molecule has 0 spiro atoms. The van der Waals surface area contributed by atoms with Gasteiger partial charge in [-0.25, -0.2) is 4.79 Å². The first-order chi connectivity index (χ1) is 10.2. The molecule has 1 aromatic rings. The van der Waals surface area contributed by atoms with Crippen LogP contribution < -0.4 is 20.7 Å². The molecule has 6 heteroatoms. The molecule has 1 heterocycles. The van der Waals surface area contributed by atoms with Gasteiger partial charge >= 0.3 is 6.03 Å². The minimum Gasteiger partial charge on any atom is -0.497 e. The third kappa shape index (κ3) is 4.34. The quantitative estimate of drug-likeness (QED) is 0.830. The van der Waals surface area contributed by atoms with E-state index in [2.05, 4.69) is 5.32 Å². The van der Waals surface area contributed by atoms with E-state index in [1.165, 1.54) is 0 Å². The number of nitrogens with two attached hydrogens (primary N) is 1. The van der Waals surface area contributed by atoms with Gasteiger partial charge in [-0.15, -0.1) is 0 Å². The Bertz CT molecular complexity index is 444. The van der Waals surface area contributed by atoms with Crippen molar-refractivity contribution >= 4 is 11.7 Å². The van der Waals surface area contributed by atoms with Gasteiger partial charge in [0.25, 0.3) is 0 Å². The van der Waals surface area contributed by atoms with Gasteiger partial charge < -0.3 is 20.5 Å². The summed E-state index contributed by atoms with van der Waals surface area (Å²) in [6.45, 7) is 2.42. The van der Waals surface area contributed by atoms with Gasteiger partial charge in [0.05, 0.1) is 19.8 Å². The third-order valence-electron chi connectivity index (χ3n) is 3.47. The zero-order valence-electron chi connectivity index (χ0n) is 12.4. The van der Waals surface area contributed by atoms with Gasteiger partial charge in [0.2, 0.25) is 0 Å². The molecule has 0 bridgehead atoms. The van der Waals surface area contributed by atoms with E-state index >= 15 is 0 Å². The summed E-state index contributed by atoms with van der Waals surface area (Å²) in [5.74, 6) is 0.766. The summed E-state index contributed by atoms with van der Waals surface area (Å²) < 4.78 is 10.4. The number of nitrogens with one attached hydrogen (secondary N) is 1. The number of hydrogen-bond acceptors (Lipinski definition) is 4. The summed E-state index contributed by atoms with van der Waals surface area (Å²) in [5, 5.41) is 3.00. The Morgan fingerprint density at radius 1 is 1.48 bits per heavy atom. The van der Waals surface area contributed by atoms with Crippen molar-refractivity contribution < 1.29 is 14.3 Å². The summed E-state index contributed by atoms with van der Waals surface area (Å²) in [6, 6.07) is 7.42. The molecule has 0 radical (unpaired) electrons. The van der Waals surface area contributed by atoms with Crippen molar-refractivity contribution in [2.75, 3.05) is 38.3 Å². The van der Waals surface area contributed by atoms with Crippen LogP contribution in [0.5, 0.6) is 5.75 Å². The van der Waals surface area contributed by atoms with Crippen LogP contribution in [0.4, 0.5) is 10.5 Å². The molecule has 1 saturated heterocycles. The number of benzene rings is 1. The molecule has 116 valence electrons. The molecule has 2 amide bonds. The Labute approximate surface area is 125 Å². The molecule has 1 aromatic carbocycles. The number of carbonyl (C=O) groups excluding carboxylic acids is 1. The molecule has 3 N–H and O–H groups in total. The minimum atomic E-state index is -0.107. The van der Waals surface area contributed by atoms with Crippen molar-refractivity contribution in [3.63, 3.8) is 0 Å². The number of hydrogen-bond donors (Lipinski definition) is 2. The topological polar surface area (TPSA) is 76.8 Å². The van der Waals surface area contributed by atoms with Crippen LogP contribution in [0.25, 0.3) is 0 Å². The Morgan fingerprint density at radius 3 is 2.81 bits per heavy atom. The summed E-state index contributed by atoms with van der Waals surface area (Å²) in [7, 11) is 1.62. The van der Waals surface area contributed by atoms with E-state index in [-0.39, 0.29) is 12.1 Å². The number of carbonyl (C=O) groups is 1. The molecule has 2 rings (SSSR count). The lowest BCUT2D eigenvalue weighted by molar-refractivity contribution is 0.189. The maximum absolute atomic E-state index is 12.4. The average Bonchev–Trinajstić information content (AvgIpc) is 3.01. The normalized spacial score (nSPS) is 17.5. The second-order valence-corrected chi connectivity index (χ2v) is 5.00. The Morgan fingerprint density at radius 2 is 2.24 bits per heavy atom. The standard InChI is InChI=1S/C15H23N3O3/c1-20-14-5-3-13(4-6-14)18(9-2-8-16)15(19)17-12-7-10-21-11-12/h3-6,12H,2,7-11,16H2,1H3,(H,17,19). The summed E-state index contributed by atoms with van der Waals surface area (Å²) in [4.78, 5) is 14.2. The molecular formula is C15H23N3O3. The van der Waals surface area contributed by atoms with Crippen molar-refractivity contribution in [2.24, 2.45) is 5.73 Å². The molecule has 1 atom stereocenters. The van der Waals surface area contributed by atoms with Gasteiger partial charge in [0.15, 0.2) is 0 Å². The number of anilines is 1. The monoisotopic (exact) mass is 293 g/mol. The van der Waals surface area contributed by atoms with Crippen LogP contribution in [-0.4, -0.2) is 45.5 Å². The van der Waals surface area contributed by atoms with Crippen molar-refractivity contribution in [3.8, 4) is 5.75 Å². The average molecular weight is 293 g/mol. The van der Waals surface area contributed by atoms with E-state index in [4.69, 9.17) is 15.2 Å². The SMILES string of the molecule is COc1ccc(N(CCCN)C(=O)NC2CCOC2)cc1. The smallest absolute Gasteiger partial charge is 0.322 e. The van der Waals surface area contributed by atoms with E-state index in [9.17, 15) is 4.79 Å². The number of rotatable bonds is 6. The van der Waals surface area contributed by atoms with Gasteiger partial charge in [-0.2, -0.15) is 0 Å². The molecular weight excluding hydrogens is 270 g/mol. The predicted octanol–water partition coefficient (Wildman–Crippen LogP) is 1.35. The number of ether oxygens (including phenoxy) is 2. The van der Waals surface area contributed by atoms with E-state index in [1.54, 1.807) is 12.0 Å². The minimum absolute atomic E-state index is 0.0936. The number of amides is 2. The highest BCUT2D eigenvalue weighted by molar-refractivity contribution is 5.92.